The number of allylic oxidation sites excluding steroid dienone is 4. The Hall–Kier alpha value is -2.86. The summed E-state index contributed by atoms with van der Waals surface area (Å²) in [5, 5.41) is 0. The van der Waals surface area contributed by atoms with E-state index < -0.39 is 5.92 Å². The molecule has 0 spiro atoms. The van der Waals surface area contributed by atoms with E-state index in [1.807, 2.05) is 24.3 Å². The molecule has 0 atom stereocenters. The van der Waals surface area contributed by atoms with Crippen molar-refractivity contribution in [1.82, 2.24) is 4.90 Å². The molecule has 0 N–H and O–H groups in total. The van der Waals surface area contributed by atoms with Gasteiger partial charge in [0.25, 0.3) is 0 Å². The smallest absolute Gasteiger partial charge is 0.175 e. The summed E-state index contributed by atoms with van der Waals surface area (Å²) < 4.78 is 12.8. The van der Waals surface area contributed by atoms with Crippen LogP contribution in [0.4, 0.5) is 0 Å². The fourth-order valence-electron chi connectivity index (χ4n) is 6.77. The number of carbonyl (C=O) groups excluding carboxylic acids is 2. The number of rotatable bonds is 6. The topological polar surface area (TPSA) is 55.8 Å². The zero-order valence-electron chi connectivity index (χ0n) is 24.7. The number of benzene rings is 2. The SMILES string of the molecule is CCN1C2=C(C(=O)CC(C)(C)C2)C(c2cc(Br)c(OCc3cccc(C)c3)c(OC)c2)C2=C1CC(C)(C)CC2=O. The minimum atomic E-state index is -0.420. The largest absolute Gasteiger partial charge is 0.493 e. The molecular weight excluding hydrogens is 566 g/mol. The van der Waals surface area contributed by atoms with E-state index in [-0.39, 0.29) is 22.4 Å². The number of methoxy groups -OCH3 is 1. The Morgan fingerprint density at radius 2 is 1.52 bits per heavy atom. The molecule has 6 heteroatoms. The Labute approximate surface area is 246 Å². The van der Waals surface area contributed by atoms with Gasteiger partial charge in [0.15, 0.2) is 23.1 Å². The fourth-order valence-corrected chi connectivity index (χ4v) is 7.34. The average molecular weight is 607 g/mol. The first kappa shape index (κ1) is 28.7. The van der Waals surface area contributed by atoms with E-state index in [0.717, 1.165) is 57.5 Å². The van der Waals surface area contributed by atoms with E-state index in [1.165, 1.54) is 5.56 Å². The first-order chi connectivity index (χ1) is 18.8. The van der Waals surface area contributed by atoms with Gasteiger partial charge in [-0.25, -0.2) is 0 Å². The van der Waals surface area contributed by atoms with Gasteiger partial charge in [-0.15, -0.1) is 0 Å². The molecular formula is C34H40BrNO4. The van der Waals surface area contributed by atoms with Crippen molar-refractivity contribution in [2.75, 3.05) is 13.7 Å². The third kappa shape index (κ3) is 5.27. The molecule has 3 aliphatic rings. The third-order valence-electron chi connectivity index (χ3n) is 8.39. The summed E-state index contributed by atoms with van der Waals surface area (Å²) in [5.74, 6) is 1.03. The van der Waals surface area contributed by atoms with Crippen LogP contribution in [0, 0.1) is 17.8 Å². The molecule has 212 valence electrons. The molecule has 0 saturated carbocycles. The van der Waals surface area contributed by atoms with Gasteiger partial charge in [0.1, 0.15) is 6.61 Å². The Balaban J connectivity index is 1.65. The maximum atomic E-state index is 13.9. The van der Waals surface area contributed by atoms with Gasteiger partial charge in [-0.05, 0) is 76.7 Å². The molecule has 0 amide bonds. The number of ketones is 2. The van der Waals surface area contributed by atoms with Crippen LogP contribution in [0.15, 0.2) is 63.4 Å². The zero-order chi connectivity index (χ0) is 29.0. The minimum Gasteiger partial charge on any atom is -0.493 e. The third-order valence-corrected chi connectivity index (χ3v) is 8.98. The van der Waals surface area contributed by atoms with Gasteiger partial charge in [0.05, 0.1) is 11.6 Å². The van der Waals surface area contributed by atoms with Gasteiger partial charge in [-0.1, -0.05) is 57.5 Å². The Morgan fingerprint density at radius 1 is 0.925 bits per heavy atom. The quantitative estimate of drug-likeness (QED) is 0.333. The van der Waals surface area contributed by atoms with Gasteiger partial charge in [-0.2, -0.15) is 0 Å². The van der Waals surface area contributed by atoms with Crippen LogP contribution in [0.1, 0.15) is 82.9 Å². The molecule has 0 fully saturated rings. The first-order valence-electron chi connectivity index (χ1n) is 14.2. The standard InChI is InChI=1S/C34H40BrNO4/c1-8-36-24-15-33(3,4)17-26(37)30(24)29(31-25(36)16-34(5,6)18-27(31)38)22-13-23(35)32(28(14-22)39-7)40-19-21-11-9-10-20(2)12-21/h9-14,29H,8,15-19H2,1-7H3. The average Bonchev–Trinajstić information content (AvgIpc) is 2.85. The van der Waals surface area contributed by atoms with E-state index in [1.54, 1.807) is 7.11 Å². The number of ether oxygens (including phenoxy) is 2. The summed E-state index contributed by atoms with van der Waals surface area (Å²) in [4.78, 5) is 30.1. The van der Waals surface area contributed by atoms with Crippen molar-refractivity contribution in [3.8, 4) is 11.5 Å². The van der Waals surface area contributed by atoms with Gasteiger partial charge >= 0.3 is 0 Å². The number of halogens is 1. The fraction of sp³-hybridized carbons (Fsp3) is 0.471. The highest BCUT2D eigenvalue weighted by molar-refractivity contribution is 9.10. The minimum absolute atomic E-state index is 0.133. The molecule has 40 heavy (non-hydrogen) atoms. The van der Waals surface area contributed by atoms with Crippen molar-refractivity contribution in [2.24, 2.45) is 10.8 Å². The molecule has 5 nitrogen and oxygen atoms in total. The summed E-state index contributed by atoms with van der Waals surface area (Å²) >= 11 is 3.74. The van der Waals surface area contributed by atoms with Crippen LogP contribution >= 0.6 is 15.9 Å². The Bertz CT molecular complexity index is 1390. The summed E-state index contributed by atoms with van der Waals surface area (Å²) in [6.07, 6.45) is 2.55. The van der Waals surface area contributed by atoms with Gasteiger partial charge in [0.2, 0.25) is 0 Å². The van der Waals surface area contributed by atoms with Crippen LogP contribution in [0.3, 0.4) is 0 Å². The van der Waals surface area contributed by atoms with Crippen molar-refractivity contribution in [3.63, 3.8) is 0 Å². The van der Waals surface area contributed by atoms with E-state index in [9.17, 15) is 9.59 Å². The van der Waals surface area contributed by atoms with E-state index in [2.05, 4.69) is 74.5 Å². The highest BCUT2D eigenvalue weighted by atomic mass is 79.9. The molecule has 0 radical (unpaired) electrons. The van der Waals surface area contributed by atoms with Crippen LogP contribution in [0.5, 0.6) is 11.5 Å². The first-order valence-corrected chi connectivity index (χ1v) is 15.0. The maximum absolute atomic E-state index is 13.9. The number of aryl methyl sites for hydroxylation is 1. The molecule has 1 heterocycles. The van der Waals surface area contributed by atoms with Crippen molar-refractivity contribution in [3.05, 3.63) is 80.1 Å². The number of carbonyl (C=O) groups is 2. The second-order valence-corrected chi connectivity index (χ2v) is 13.9. The number of Topliss-reactive ketones (excluding diaryl/α,β-unsaturated/α-hetero) is 2. The molecule has 5 rings (SSSR count). The summed E-state index contributed by atoms with van der Waals surface area (Å²) in [6, 6.07) is 12.2. The summed E-state index contributed by atoms with van der Waals surface area (Å²) in [7, 11) is 1.63. The van der Waals surface area contributed by atoms with Gasteiger partial charge in [-0.3, -0.25) is 9.59 Å². The second-order valence-electron chi connectivity index (χ2n) is 13.1. The van der Waals surface area contributed by atoms with E-state index in [0.29, 0.717) is 30.9 Å². The maximum Gasteiger partial charge on any atom is 0.175 e. The van der Waals surface area contributed by atoms with Crippen LogP contribution in [-0.2, 0) is 16.2 Å². The van der Waals surface area contributed by atoms with E-state index >= 15 is 0 Å². The molecule has 2 aromatic carbocycles. The van der Waals surface area contributed by atoms with Crippen LogP contribution in [-0.4, -0.2) is 30.1 Å². The van der Waals surface area contributed by atoms with Crippen LogP contribution < -0.4 is 9.47 Å². The highest BCUT2D eigenvalue weighted by Crippen LogP contribution is 2.55. The lowest BCUT2D eigenvalue weighted by atomic mass is 9.63. The second kappa shape index (κ2) is 10.5. The monoisotopic (exact) mass is 605 g/mol. The highest BCUT2D eigenvalue weighted by Gasteiger charge is 2.48. The molecule has 1 aliphatic heterocycles. The molecule has 0 saturated heterocycles. The number of hydrogen-bond donors (Lipinski definition) is 0. The lowest BCUT2D eigenvalue weighted by Gasteiger charge is -2.49. The van der Waals surface area contributed by atoms with E-state index in [4.69, 9.17) is 9.47 Å². The molecule has 0 bridgehead atoms. The molecule has 2 aliphatic carbocycles. The van der Waals surface area contributed by atoms with Crippen molar-refractivity contribution in [1.29, 1.82) is 0 Å². The normalized spacial score (nSPS) is 20.4. The predicted molar refractivity (Wildman–Crippen MR) is 161 cm³/mol. The van der Waals surface area contributed by atoms with Gasteiger partial charge in [0, 0.05) is 47.8 Å². The number of nitrogens with zero attached hydrogens (tertiary/aromatic N) is 1. The molecule has 2 aromatic rings. The van der Waals surface area contributed by atoms with Crippen molar-refractivity contribution >= 4 is 27.5 Å². The summed E-state index contributed by atoms with van der Waals surface area (Å²) in [6.45, 7) is 14.0. The van der Waals surface area contributed by atoms with Crippen molar-refractivity contribution in [2.45, 2.75) is 79.8 Å². The Kier molecular flexibility index (Phi) is 7.54. The lowest BCUT2D eigenvalue weighted by Crippen LogP contribution is -2.44. The van der Waals surface area contributed by atoms with Crippen LogP contribution in [0.25, 0.3) is 0 Å². The molecule has 0 unspecified atom stereocenters. The van der Waals surface area contributed by atoms with Crippen LogP contribution in [0.2, 0.25) is 0 Å². The Morgan fingerprint density at radius 3 is 2.05 bits per heavy atom. The van der Waals surface area contributed by atoms with Gasteiger partial charge < -0.3 is 14.4 Å². The predicted octanol–water partition coefficient (Wildman–Crippen LogP) is 8.05. The number of hydrogen-bond acceptors (Lipinski definition) is 5. The van der Waals surface area contributed by atoms with Crippen molar-refractivity contribution < 1.29 is 19.1 Å². The lowest BCUT2D eigenvalue weighted by molar-refractivity contribution is -0.119. The zero-order valence-corrected chi connectivity index (χ0v) is 26.3. The molecule has 0 aromatic heterocycles. The summed E-state index contributed by atoms with van der Waals surface area (Å²) in [5.41, 5.74) is 6.56.